The lowest BCUT2D eigenvalue weighted by molar-refractivity contribution is 0.412. The van der Waals surface area contributed by atoms with E-state index in [9.17, 15) is 0 Å². The first kappa shape index (κ1) is 8.34. The number of rotatable bonds is 2. The molecule has 1 nitrogen and oxygen atoms in total. The van der Waals surface area contributed by atoms with Gasteiger partial charge in [0, 0.05) is 0 Å². The van der Waals surface area contributed by atoms with Gasteiger partial charge in [0.2, 0.25) is 0 Å². The Morgan fingerprint density at radius 2 is 2.27 bits per heavy atom. The van der Waals surface area contributed by atoms with E-state index in [4.69, 9.17) is 4.74 Å². The Bertz CT molecular complexity index is 268. The molecule has 0 aliphatic heterocycles. The number of ether oxygens (including phenoxy) is 1. The summed E-state index contributed by atoms with van der Waals surface area (Å²) in [4.78, 5) is 0. The van der Waals surface area contributed by atoms with Crippen LogP contribution in [-0.4, -0.2) is 7.11 Å². The molecular weight excluding hydrogens is 204 g/mol. The summed E-state index contributed by atoms with van der Waals surface area (Å²) in [6.07, 6.45) is 2.78. The van der Waals surface area contributed by atoms with Crippen molar-refractivity contribution >= 4 is 15.9 Å². The quantitative estimate of drug-likeness (QED) is 0.732. The zero-order chi connectivity index (χ0) is 8.27. The average molecular weight is 212 g/mol. The van der Waals surface area contributed by atoms with E-state index in [0.29, 0.717) is 0 Å². The third-order valence-electron chi connectivity index (χ3n) is 1.36. The lowest BCUT2D eigenvalue weighted by Gasteiger charge is -2.02. The number of hydrogen-bond donors (Lipinski definition) is 0. The molecule has 0 aliphatic carbocycles. The molecule has 2 heteroatoms. The van der Waals surface area contributed by atoms with Crippen LogP contribution in [0.2, 0.25) is 0 Å². The fourth-order valence-corrected chi connectivity index (χ4v) is 1.32. The summed E-state index contributed by atoms with van der Waals surface area (Å²) in [5.74, 6) is 0.823. The third-order valence-corrected chi connectivity index (χ3v) is 1.98. The van der Waals surface area contributed by atoms with Crippen molar-refractivity contribution in [2.24, 2.45) is 0 Å². The van der Waals surface area contributed by atoms with Gasteiger partial charge in [0.1, 0.15) is 5.75 Å². The monoisotopic (exact) mass is 211 g/mol. The van der Waals surface area contributed by atoms with Crippen molar-refractivity contribution in [3.8, 4) is 5.75 Å². The molecule has 1 rings (SSSR count). The summed E-state index contributed by atoms with van der Waals surface area (Å²) in [6.45, 7) is 3.54. The van der Waals surface area contributed by atoms with E-state index >= 15 is 0 Å². The molecule has 0 bridgehead atoms. The highest BCUT2D eigenvalue weighted by molar-refractivity contribution is 9.10. The van der Waals surface area contributed by atoms with E-state index in [0.717, 1.165) is 15.8 Å². The Kier molecular flexibility index (Phi) is 2.71. The molecule has 0 saturated carbocycles. The van der Waals surface area contributed by atoms with Gasteiger partial charge in [0.05, 0.1) is 11.6 Å². The van der Waals surface area contributed by atoms with E-state index in [1.54, 1.807) is 7.11 Å². The van der Waals surface area contributed by atoms with Crippen molar-refractivity contribution in [3.05, 3.63) is 40.9 Å². The molecular formula is C9H8BrO. The molecule has 0 spiro atoms. The Hall–Kier alpha value is -0.760. The molecule has 11 heavy (non-hydrogen) atoms. The van der Waals surface area contributed by atoms with Gasteiger partial charge in [-0.15, -0.1) is 0 Å². The first-order valence-electron chi connectivity index (χ1n) is 3.14. The molecule has 0 aromatic heterocycles. The van der Waals surface area contributed by atoms with Crippen LogP contribution in [0.4, 0.5) is 0 Å². The van der Waals surface area contributed by atoms with Crippen LogP contribution in [-0.2, 0) is 0 Å². The van der Waals surface area contributed by atoms with Gasteiger partial charge in [-0.05, 0) is 39.7 Å². The van der Waals surface area contributed by atoms with E-state index in [1.165, 1.54) is 0 Å². The molecule has 0 fully saturated rings. The summed E-state index contributed by atoms with van der Waals surface area (Å²) < 4.78 is 5.97. The van der Waals surface area contributed by atoms with Gasteiger partial charge in [-0.3, -0.25) is 0 Å². The summed E-state index contributed by atoms with van der Waals surface area (Å²) in [6, 6.07) is 5.68. The highest BCUT2D eigenvalue weighted by Crippen LogP contribution is 2.25. The van der Waals surface area contributed by atoms with E-state index in [2.05, 4.69) is 28.6 Å². The van der Waals surface area contributed by atoms with Crippen LogP contribution in [0, 0.1) is 6.08 Å². The zero-order valence-electron chi connectivity index (χ0n) is 6.23. The Labute approximate surface area is 74.8 Å². The molecule has 0 N–H and O–H groups in total. The standard InChI is InChI=1S/C9H8BrO/c1-3-7-4-5-9(11-2)8(10)6-7/h4-6H,1H2,2H3. The van der Waals surface area contributed by atoms with Crippen LogP contribution in [0.1, 0.15) is 5.56 Å². The van der Waals surface area contributed by atoms with Crippen LogP contribution in [0.5, 0.6) is 5.75 Å². The molecule has 0 unspecified atom stereocenters. The van der Waals surface area contributed by atoms with Gasteiger partial charge >= 0.3 is 0 Å². The fourth-order valence-electron chi connectivity index (χ4n) is 0.776. The second-order valence-corrected chi connectivity index (χ2v) is 2.88. The van der Waals surface area contributed by atoms with Gasteiger partial charge in [-0.2, -0.15) is 0 Å². The number of methoxy groups -OCH3 is 1. The maximum Gasteiger partial charge on any atom is 0.133 e. The first-order valence-corrected chi connectivity index (χ1v) is 3.94. The SMILES string of the molecule is C=[C]c1ccc(OC)c(Br)c1. The normalized spacial score (nSPS) is 9.27. The van der Waals surface area contributed by atoms with Crippen LogP contribution in [0.25, 0.3) is 0 Å². The Morgan fingerprint density at radius 3 is 2.73 bits per heavy atom. The van der Waals surface area contributed by atoms with Crippen molar-refractivity contribution in [2.45, 2.75) is 0 Å². The smallest absolute Gasteiger partial charge is 0.133 e. The largest absolute Gasteiger partial charge is 0.496 e. The van der Waals surface area contributed by atoms with Gasteiger partial charge < -0.3 is 4.74 Å². The highest BCUT2D eigenvalue weighted by atomic mass is 79.9. The Balaban J connectivity index is 3.09. The predicted molar refractivity (Wildman–Crippen MR) is 48.7 cm³/mol. The van der Waals surface area contributed by atoms with Crippen molar-refractivity contribution in [3.63, 3.8) is 0 Å². The molecule has 0 atom stereocenters. The van der Waals surface area contributed by atoms with Gasteiger partial charge in [0.25, 0.3) is 0 Å². The first-order chi connectivity index (χ1) is 5.27. The number of halogens is 1. The van der Waals surface area contributed by atoms with E-state index < -0.39 is 0 Å². The van der Waals surface area contributed by atoms with Crippen molar-refractivity contribution in [1.29, 1.82) is 0 Å². The number of hydrogen-bond acceptors (Lipinski definition) is 1. The lowest BCUT2D eigenvalue weighted by Crippen LogP contribution is -1.84. The maximum atomic E-state index is 5.05. The van der Waals surface area contributed by atoms with E-state index in [1.807, 2.05) is 18.2 Å². The number of benzene rings is 1. The van der Waals surface area contributed by atoms with Crippen LogP contribution < -0.4 is 4.74 Å². The van der Waals surface area contributed by atoms with Gasteiger partial charge in [-0.25, -0.2) is 0 Å². The molecule has 0 saturated heterocycles. The molecule has 57 valence electrons. The minimum absolute atomic E-state index is 0.823. The second kappa shape index (κ2) is 3.58. The van der Waals surface area contributed by atoms with Crippen LogP contribution in [0.15, 0.2) is 29.3 Å². The predicted octanol–water partition coefficient (Wildman–Crippen LogP) is 2.79. The summed E-state index contributed by atoms with van der Waals surface area (Å²) in [5, 5.41) is 0. The maximum absolute atomic E-state index is 5.05. The minimum Gasteiger partial charge on any atom is -0.496 e. The summed E-state index contributed by atoms with van der Waals surface area (Å²) in [5.41, 5.74) is 0.956. The van der Waals surface area contributed by atoms with Crippen LogP contribution >= 0.6 is 15.9 Å². The molecule has 1 aromatic carbocycles. The summed E-state index contributed by atoms with van der Waals surface area (Å²) in [7, 11) is 1.64. The Morgan fingerprint density at radius 1 is 1.55 bits per heavy atom. The van der Waals surface area contributed by atoms with Gasteiger partial charge in [0.15, 0.2) is 0 Å². The molecule has 0 aliphatic rings. The zero-order valence-corrected chi connectivity index (χ0v) is 7.81. The summed E-state index contributed by atoms with van der Waals surface area (Å²) >= 11 is 3.36. The second-order valence-electron chi connectivity index (χ2n) is 2.03. The van der Waals surface area contributed by atoms with Crippen molar-refractivity contribution in [1.82, 2.24) is 0 Å². The lowest BCUT2D eigenvalue weighted by atomic mass is 10.2. The molecule has 0 heterocycles. The van der Waals surface area contributed by atoms with Crippen LogP contribution in [0.3, 0.4) is 0 Å². The van der Waals surface area contributed by atoms with Crippen molar-refractivity contribution in [2.75, 3.05) is 7.11 Å². The highest BCUT2D eigenvalue weighted by Gasteiger charge is 1.97. The van der Waals surface area contributed by atoms with Gasteiger partial charge in [-0.1, -0.05) is 12.6 Å². The minimum atomic E-state index is 0.823. The van der Waals surface area contributed by atoms with Crippen molar-refractivity contribution < 1.29 is 4.74 Å². The third kappa shape index (κ3) is 1.84. The topological polar surface area (TPSA) is 9.23 Å². The fraction of sp³-hybridized carbons (Fsp3) is 0.111. The molecule has 1 radical (unpaired) electrons. The average Bonchev–Trinajstić information content (AvgIpc) is 2.04. The van der Waals surface area contributed by atoms with E-state index in [-0.39, 0.29) is 0 Å². The molecule has 0 amide bonds. The molecule has 1 aromatic rings.